The second-order valence-electron chi connectivity index (χ2n) is 5.01. The Labute approximate surface area is 124 Å². The molecule has 104 valence electrons. The van der Waals surface area contributed by atoms with Crippen molar-refractivity contribution in [3.63, 3.8) is 0 Å². The zero-order valence-electron chi connectivity index (χ0n) is 11.6. The Morgan fingerprint density at radius 3 is 1.90 bits per heavy atom. The maximum Gasteiger partial charge on any atom is 0.115 e. The largest absolute Gasteiger partial charge is 0.508 e. The summed E-state index contributed by atoms with van der Waals surface area (Å²) in [6.45, 7) is 0. The Morgan fingerprint density at radius 1 is 0.714 bits per heavy atom. The van der Waals surface area contributed by atoms with E-state index in [4.69, 9.17) is 0 Å². The number of nitrogens with zero attached hydrogens (tertiary/aromatic N) is 2. The minimum Gasteiger partial charge on any atom is -0.508 e. The van der Waals surface area contributed by atoms with Gasteiger partial charge in [0.25, 0.3) is 0 Å². The van der Waals surface area contributed by atoms with Gasteiger partial charge in [-0.1, -0.05) is 42.5 Å². The number of phenols is 1. The fourth-order valence-electron chi connectivity index (χ4n) is 2.25. The summed E-state index contributed by atoms with van der Waals surface area (Å²) < 4.78 is 0. The first-order chi connectivity index (χ1) is 10.3. The molecule has 0 aliphatic heterocycles. The van der Waals surface area contributed by atoms with Crippen LogP contribution in [0.4, 0.5) is 0 Å². The first-order valence-electron chi connectivity index (χ1n) is 6.91. The summed E-state index contributed by atoms with van der Waals surface area (Å²) in [5, 5.41) is 9.30. The highest BCUT2D eigenvalue weighted by atomic mass is 16.3. The Hall–Kier alpha value is -2.68. The van der Waals surface area contributed by atoms with Crippen LogP contribution in [0.5, 0.6) is 5.75 Å². The third kappa shape index (κ3) is 3.66. The van der Waals surface area contributed by atoms with Gasteiger partial charge < -0.3 is 5.11 Å². The van der Waals surface area contributed by atoms with Crippen molar-refractivity contribution in [1.29, 1.82) is 0 Å². The molecule has 0 fully saturated rings. The maximum atomic E-state index is 9.30. The van der Waals surface area contributed by atoms with E-state index in [2.05, 4.69) is 22.1 Å². The predicted octanol–water partition coefficient (Wildman–Crippen LogP) is 3.36. The Morgan fingerprint density at radius 2 is 1.29 bits per heavy atom. The van der Waals surface area contributed by atoms with Crippen LogP contribution in [0, 0.1) is 0 Å². The molecule has 3 aromatic rings. The quantitative estimate of drug-likeness (QED) is 0.794. The molecule has 1 N–H and O–H groups in total. The normalized spacial score (nSPS) is 10.5. The predicted molar refractivity (Wildman–Crippen MR) is 82.2 cm³/mol. The minimum atomic E-state index is 0.280. The molecule has 3 heteroatoms. The van der Waals surface area contributed by atoms with Crippen molar-refractivity contribution < 1.29 is 5.11 Å². The van der Waals surface area contributed by atoms with E-state index in [1.165, 1.54) is 5.56 Å². The number of aromatic nitrogens is 2. The number of phenolic OH excluding ortho intramolecular Hbond substituents is 1. The summed E-state index contributed by atoms with van der Waals surface area (Å²) >= 11 is 0. The van der Waals surface area contributed by atoms with E-state index in [1.807, 2.05) is 36.5 Å². The van der Waals surface area contributed by atoms with Crippen LogP contribution < -0.4 is 0 Å². The zero-order chi connectivity index (χ0) is 14.5. The van der Waals surface area contributed by atoms with Gasteiger partial charge >= 0.3 is 0 Å². The minimum absolute atomic E-state index is 0.280. The summed E-state index contributed by atoms with van der Waals surface area (Å²) in [6.07, 6.45) is 5.11. The lowest BCUT2D eigenvalue weighted by Gasteiger charge is -2.05. The molecule has 1 heterocycles. The average Bonchev–Trinajstić information content (AvgIpc) is 2.51. The highest BCUT2D eigenvalue weighted by Gasteiger charge is 2.02. The topological polar surface area (TPSA) is 46.0 Å². The number of benzene rings is 2. The van der Waals surface area contributed by atoms with Crippen molar-refractivity contribution in [1.82, 2.24) is 9.97 Å². The lowest BCUT2D eigenvalue weighted by Crippen LogP contribution is -1.99. The van der Waals surface area contributed by atoms with Crippen molar-refractivity contribution in [3.8, 4) is 5.75 Å². The van der Waals surface area contributed by atoms with Crippen LogP contribution in [0.2, 0.25) is 0 Å². The molecule has 0 saturated heterocycles. The lowest BCUT2D eigenvalue weighted by atomic mass is 10.1. The Bertz CT molecular complexity index is 709. The van der Waals surface area contributed by atoms with Crippen LogP contribution in [0.15, 0.2) is 67.0 Å². The fraction of sp³-hybridized carbons (Fsp3) is 0.111. The molecule has 0 aliphatic carbocycles. The summed E-state index contributed by atoms with van der Waals surface area (Å²) in [7, 11) is 0. The summed E-state index contributed by atoms with van der Waals surface area (Å²) in [5.41, 5.74) is 4.25. The van der Waals surface area contributed by atoms with E-state index < -0.39 is 0 Å². The van der Waals surface area contributed by atoms with E-state index >= 15 is 0 Å². The van der Waals surface area contributed by atoms with E-state index in [-0.39, 0.29) is 5.75 Å². The molecule has 0 aliphatic rings. The molecule has 0 atom stereocenters. The van der Waals surface area contributed by atoms with Crippen molar-refractivity contribution >= 4 is 0 Å². The number of rotatable bonds is 4. The lowest BCUT2D eigenvalue weighted by molar-refractivity contribution is 0.475. The average molecular weight is 276 g/mol. The van der Waals surface area contributed by atoms with Gasteiger partial charge in [-0.3, -0.25) is 9.97 Å². The SMILES string of the molecule is Oc1ccc(Cc2cncc(Cc3ccccc3)n2)cc1. The zero-order valence-corrected chi connectivity index (χ0v) is 11.6. The summed E-state index contributed by atoms with van der Waals surface area (Å²) in [5.74, 6) is 0.280. The van der Waals surface area contributed by atoms with E-state index in [0.29, 0.717) is 0 Å². The molecular formula is C18H16N2O. The fourth-order valence-corrected chi connectivity index (χ4v) is 2.25. The van der Waals surface area contributed by atoms with Crippen molar-refractivity contribution in [2.75, 3.05) is 0 Å². The standard InChI is InChI=1S/C18H16N2O/c21-18-8-6-15(7-9-18)11-17-13-19-12-16(20-17)10-14-4-2-1-3-5-14/h1-9,12-13,21H,10-11H2. The first kappa shape index (κ1) is 13.3. The van der Waals surface area contributed by atoms with E-state index in [9.17, 15) is 5.11 Å². The van der Waals surface area contributed by atoms with Gasteiger partial charge in [0.15, 0.2) is 0 Å². The Kier molecular flexibility index (Phi) is 3.92. The molecule has 0 saturated carbocycles. The molecule has 0 amide bonds. The monoisotopic (exact) mass is 276 g/mol. The van der Waals surface area contributed by atoms with Gasteiger partial charge in [-0.25, -0.2) is 0 Å². The third-order valence-electron chi connectivity index (χ3n) is 3.28. The molecule has 0 unspecified atom stereocenters. The van der Waals surface area contributed by atoms with Gasteiger partial charge in [-0.05, 0) is 23.3 Å². The third-order valence-corrected chi connectivity index (χ3v) is 3.28. The molecular weight excluding hydrogens is 260 g/mol. The van der Waals surface area contributed by atoms with Gasteiger partial charge in [0.2, 0.25) is 0 Å². The summed E-state index contributed by atoms with van der Waals surface area (Å²) in [4.78, 5) is 8.94. The highest BCUT2D eigenvalue weighted by Crippen LogP contribution is 2.13. The molecule has 0 radical (unpaired) electrons. The van der Waals surface area contributed by atoms with E-state index in [0.717, 1.165) is 29.8 Å². The van der Waals surface area contributed by atoms with Crippen LogP contribution >= 0.6 is 0 Å². The summed E-state index contributed by atoms with van der Waals surface area (Å²) in [6, 6.07) is 17.4. The first-order valence-corrected chi connectivity index (χ1v) is 6.91. The highest BCUT2D eigenvalue weighted by molar-refractivity contribution is 5.29. The molecule has 21 heavy (non-hydrogen) atoms. The van der Waals surface area contributed by atoms with Gasteiger partial charge in [0.05, 0.1) is 11.4 Å². The number of aromatic hydroxyl groups is 1. The smallest absolute Gasteiger partial charge is 0.115 e. The van der Waals surface area contributed by atoms with E-state index in [1.54, 1.807) is 18.3 Å². The van der Waals surface area contributed by atoms with Gasteiger partial charge in [0, 0.05) is 25.2 Å². The number of hydrogen-bond donors (Lipinski definition) is 1. The molecule has 0 bridgehead atoms. The van der Waals surface area contributed by atoms with Crippen LogP contribution in [-0.2, 0) is 12.8 Å². The van der Waals surface area contributed by atoms with Crippen molar-refractivity contribution in [2.24, 2.45) is 0 Å². The van der Waals surface area contributed by atoms with Gasteiger partial charge in [-0.2, -0.15) is 0 Å². The van der Waals surface area contributed by atoms with Crippen molar-refractivity contribution in [2.45, 2.75) is 12.8 Å². The molecule has 0 spiro atoms. The molecule has 2 aromatic carbocycles. The Balaban J connectivity index is 1.75. The van der Waals surface area contributed by atoms with Gasteiger partial charge in [0.1, 0.15) is 5.75 Å². The van der Waals surface area contributed by atoms with Crippen LogP contribution in [0.25, 0.3) is 0 Å². The van der Waals surface area contributed by atoms with Crippen LogP contribution in [0.1, 0.15) is 22.5 Å². The molecule has 3 rings (SSSR count). The molecule has 1 aromatic heterocycles. The van der Waals surface area contributed by atoms with Gasteiger partial charge in [-0.15, -0.1) is 0 Å². The number of hydrogen-bond acceptors (Lipinski definition) is 3. The van der Waals surface area contributed by atoms with Crippen LogP contribution in [-0.4, -0.2) is 15.1 Å². The second kappa shape index (κ2) is 6.18. The maximum absolute atomic E-state index is 9.30. The second-order valence-corrected chi connectivity index (χ2v) is 5.01. The molecule has 3 nitrogen and oxygen atoms in total. The van der Waals surface area contributed by atoms with Crippen molar-refractivity contribution in [3.05, 3.63) is 89.5 Å². The van der Waals surface area contributed by atoms with Crippen LogP contribution in [0.3, 0.4) is 0 Å².